The van der Waals surface area contributed by atoms with Gasteiger partial charge in [0.2, 0.25) is 0 Å². The molecule has 1 aliphatic carbocycles. The summed E-state index contributed by atoms with van der Waals surface area (Å²) in [6, 6.07) is 11.8. The average Bonchev–Trinajstić information content (AvgIpc) is 3.23. The van der Waals surface area contributed by atoms with Crippen LogP contribution in [0.5, 0.6) is 0 Å². The second-order valence-electron chi connectivity index (χ2n) is 6.98. The van der Waals surface area contributed by atoms with Crippen molar-refractivity contribution in [1.29, 1.82) is 0 Å². The van der Waals surface area contributed by atoms with Crippen molar-refractivity contribution in [2.24, 2.45) is 0 Å². The topological polar surface area (TPSA) is 54.5 Å². The number of morpholine rings is 1. The van der Waals surface area contributed by atoms with Crippen molar-refractivity contribution < 1.29 is 9.53 Å². The van der Waals surface area contributed by atoms with Gasteiger partial charge in [-0.3, -0.25) is 4.79 Å². The standard InChI is InChI=1S/C21H25N3O2S/c25-21(16-9-10-20(22-15-16)24-11-13-26-14-12-24)23-18-7-3-4-8-19(18)27-17-5-1-2-6-17/h3-4,7-10,15,17H,1-2,5-6,11-14H2,(H,23,25). The molecule has 1 aliphatic heterocycles. The molecule has 0 atom stereocenters. The largest absolute Gasteiger partial charge is 0.378 e. The van der Waals surface area contributed by atoms with Crippen molar-refractivity contribution in [2.45, 2.75) is 35.8 Å². The summed E-state index contributed by atoms with van der Waals surface area (Å²) < 4.78 is 5.37. The van der Waals surface area contributed by atoms with Crippen LogP contribution in [-0.2, 0) is 4.74 Å². The molecule has 1 aromatic heterocycles. The van der Waals surface area contributed by atoms with Gasteiger partial charge in [0.1, 0.15) is 5.82 Å². The Labute approximate surface area is 164 Å². The monoisotopic (exact) mass is 383 g/mol. The van der Waals surface area contributed by atoms with Gasteiger partial charge in [0.25, 0.3) is 5.91 Å². The average molecular weight is 384 g/mol. The van der Waals surface area contributed by atoms with Crippen LogP contribution in [0, 0.1) is 0 Å². The molecule has 0 spiro atoms. The van der Waals surface area contributed by atoms with Crippen molar-refractivity contribution in [3.05, 3.63) is 48.2 Å². The first-order valence-electron chi connectivity index (χ1n) is 9.65. The number of pyridine rings is 1. The lowest BCUT2D eigenvalue weighted by Crippen LogP contribution is -2.36. The highest BCUT2D eigenvalue weighted by molar-refractivity contribution is 8.00. The van der Waals surface area contributed by atoms with E-state index in [0.717, 1.165) is 42.7 Å². The lowest BCUT2D eigenvalue weighted by molar-refractivity contribution is 0.102. The molecule has 2 fully saturated rings. The quantitative estimate of drug-likeness (QED) is 0.838. The molecule has 0 radical (unpaired) electrons. The third kappa shape index (κ3) is 4.62. The Bertz CT molecular complexity index is 769. The van der Waals surface area contributed by atoms with E-state index in [2.05, 4.69) is 21.3 Å². The number of amides is 1. The summed E-state index contributed by atoms with van der Waals surface area (Å²) in [5.74, 6) is 0.780. The summed E-state index contributed by atoms with van der Waals surface area (Å²) in [7, 11) is 0. The van der Waals surface area contributed by atoms with Crippen LogP contribution in [0.25, 0.3) is 0 Å². The van der Waals surface area contributed by atoms with Gasteiger partial charge in [0.05, 0.1) is 24.5 Å². The van der Waals surface area contributed by atoms with Crippen molar-refractivity contribution in [3.63, 3.8) is 0 Å². The Kier molecular flexibility index (Phi) is 5.94. The number of nitrogens with zero attached hydrogens (tertiary/aromatic N) is 2. The summed E-state index contributed by atoms with van der Waals surface area (Å²) in [5.41, 5.74) is 1.46. The number of ether oxygens (including phenoxy) is 1. The SMILES string of the molecule is O=C(Nc1ccccc1SC1CCCC1)c1ccc(N2CCOCC2)nc1. The van der Waals surface area contributed by atoms with Crippen LogP contribution in [0.15, 0.2) is 47.5 Å². The van der Waals surface area contributed by atoms with Gasteiger partial charge in [-0.1, -0.05) is 25.0 Å². The minimum Gasteiger partial charge on any atom is -0.378 e. The van der Waals surface area contributed by atoms with E-state index in [1.165, 1.54) is 25.7 Å². The molecule has 1 aromatic carbocycles. The zero-order valence-corrected chi connectivity index (χ0v) is 16.2. The van der Waals surface area contributed by atoms with Crippen LogP contribution in [0.3, 0.4) is 0 Å². The van der Waals surface area contributed by atoms with Gasteiger partial charge < -0.3 is 15.0 Å². The Morgan fingerprint density at radius 1 is 1.11 bits per heavy atom. The first kappa shape index (κ1) is 18.3. The molecular weight excluding hydrogens is 358 g/mol. The third-order valence-corrected chi connectivity index (χ3v) is 6.49. The molecule has 2 aliphatic rings. The molecule has 5 nitrogen and oxygen atoms in total. The molecule has 1 N–H and O–H groups in total. The van der Waals surface area contributed by atoms with Crippen LogP contribution in [0.2, 0.25) is 0 Å². The van der Waals surface area contributed by atoms with E-state index in [4.69, 9.17) is 4.74 Å². The highest BCUT2D eigenvalue weighted by Gasteiger charge is 2.19. The second kappa shape index (κ2) is 8.76. The van der Waals surface area contributed by atoms with Crippen molar-refractivity contribution in [1.82, 2.24) is 4.98 Å². The summed E-state index contributed by atoms with van der Waals surface area (Å²) in [4.78, 5) is 20.5. The van der Waals surface area contributed by atoms with Crippen LogP contribution in [-0.4, -0.2) is 42.4 Å². The van der Waals surface area contributed by atoms with Crippen LogP contribution < -0.4 is 10.2 Å². The van der Waals surface area contributed by atoms with E-state index in [-0.39, 0.29) is 5.91 Å². The van der Waals surface area contributed by atoms with Crippen LogP contribution in [0.1, 0.15) is 36.0 Å². The van der Waals surface area contributed by atoms with E-state index >= 15 is 0 Å². The maximum Gasteiger partial charge on any atom is 0.257 e. The number of carbonyl (C=O) groups excluding carboxylic acids is 1. The number of thioether (sulfide) groups is 1. The number of benzene rings is 1. The summed E-state index contributed by atoms with van der Waals surface area (Å²) in [6.07, 6.45) is 6.81. The predicted molar refractivity (Wildman–Crippen MR) is 110 cm³/mol. The molecule has 1 saturated carbocycles. The number of para-hydroxylation sites is 1. The smallest absolute Gasteiger partial charge is 0.257 e. The zero-order valence-electron chi connectivity index (χ0n) is 15.4. The summed E-state index contributed by atoms with van der Waals surface area (Å²) in [6.45, 7) is 3.12. The fourth-order valence-corrected chi connectivity index (χ4v) is 4.88. The molecule has 1 amide bonds. The van der Waals surface area contributed by atoms with Gasteiger partial charge >= 0.3 is 0 Å². The van der Waals surface area contributed by atoms with Gasteiger partial charge in [-0.15, -0.1) is 11.8 Å². The number of aromatic nitrogens is 1. The second-order valence-corrected chi connectivity index (χ2v) is 8.32. The highest BCUT2D eigenvalue weighted by atomic mass is 32.2. The number of anilines is 2. The third-order valence-electron chi connectivity index (χ3n) is 5.08. The minimum absolute atomic E-state index is 0.115. The molecule has 142 valence electrons. The van der Waals surface area contributed by atoms with E-state index in [1.807, 2.05) is 42.1 Å². The van der Waals surface area contributed by atoms with Gasteiger partial charge in [0.15, 0.2) is 0 Å². The Hall–Kier alpha value is -2.05. The molecule has 2 aromatic rings. The van der Waals surface area contributed by atoms with E-state index in [9.17, 15) is 4.79 Å². The predicted octanol–water partition coefficient (Wildman–Crippen LogP) is 4.21. The normalized spacial score (nSPS) is 17.9. The zero-order chi connectivity index (χ0) is 18.5. The van der Waals surface area contributed by atoms with Gasteiger partial charge in [-0.25, -0.2) is 4.98 Å². The lowest BCUT2D eigenvalue weighted by Gasteiger charge is -2.27. The van der Waals surface area contributed by atoms with Crippen molar-refractivity contribution >= 4 is 29.2 Å². The van der Waals surface area contributed by atoms with Gasteiger partial charge in [0, 0.05) is 29.4 Å². The molecule has 2 heterocycles. The molecule has 6 heteroatoms. The first-order chi connectivity index (χ1) is 13.3. The Morgan fingerprint density at radius 2 is 1.89 bits per heavy atom. The molecular formula is C21H25N3O2S. The highest BCUT2D eigenvalue weighted by Crippen LogP contribution is 2.38. The van der Waals surface area contributed by atoms with Crippen LogP contribution in [0.4, 0.5) is 11.5 Å². The minimum atomic E-state index is -0.115. The summed E-state index contributed by atoms with van der Waals surface area (Å²) >= 11 is 1.89. The molecule has 27 heavy (non-hydrogen) atoms. The summed E-state index contributed by atoms with van der Waals surface area (Å²) in [5, 5.41) is 3.73. The van der Waals surface area contributed by atoms with Gasteiger partial charge in [-0.05, 0) is 37.1 Å². The number of nitrogens with one attached hydrogen (secondary N) is 1. The Balaban J connectivity index is 1.43. The van der Waals surface area contributed by atoms with E-state index < -0.39 is 0 Å². The maximum atomic E-state index is 12.7. The number of hydrogen-bond acceptors (Lipinski definition) is 5. The first-order valence-corrected chi connectivity index (χ1v) is 10.5. The molecule has 0 unspecified atom stereocenters. The van der Waals surface area contributed by atoms with E-state index in [0.29, 0.717) is 10.8 Å². The van der Waals surface area contributed by atoms with Crippen LogP contribution >= 0.6 is 11.8 Å². The Morgan fingerprint density at radius 3 is 2.63 bits per heavy atom. The fraction of sp³-hybridized carbons (Fsp3) is 0.429. The molecule has 0 bridgehead atoms. The van der Waals surface area contributed by atoms with Gasteiger partial charge in [-0.2, -0.15) is 0 Å². The number of rotatable bonds is 5. The molecule has 4 rings (SSSR count). The lowest BCUT2D eigenvalue weighted by atomic mass is 10.2. The van der Waals surface area contributed by atoms with E-state index in [1.54, 1.807) is 6.20 Å². The fourth-order valence-electron chi connectivity index (χ4n) is 3.55. The number of hydrogen-bond donors (Lipinski definition) is 1. The maximum absolute atomic E-state index is 12.7. The van der Waals surface area contributed by atoms with Crippen molar-refractivity contribution in [3.8, 4) is 0 Å². The van der Waals surface area contributed by atoms with Crippen molar-refractivity contribution in [2.75, 3.05) is 36.5 Å². The number of carbonyl (C=O) groups is 1. The molecule has 1 saturated heterocycles.